The number of nitrogens with zero attached hydrogens (tertiary/aromatic N) is 1. The maximum atomic E-state index is 11.5. The van der Waals surface area contributed by atoms with E-state index in [4.69, 9.17) is 9.47 Å². The maximum Gasteiger partial charge on any atom is 0.412 e. The van der Waals surface area contributed by atoms with Gasteiger partial charge < -0.3 is 9.47 Å². The smallest absolute Gasteiger partial charge is 0.412 e. The van der Waals surface area contributed by atoms with E-state index >= 15 is 0 Å². The molecule has 1 aromatic heterocycles. The van der Waals surface area contributed by atoms with E-state index in [1.54, 1.807) is 33.0 Å². The number of ether oxygens (including phenoxy) is 2. The first-order valence-corrected chi connectivity index (χ1v) is 4.90. The molecule has 1 N–H and O–H groups in total. The molecule has 0 radical (unpaired) electrons. The Morgan fingerprint density at radius 2 is 2.12 bits per heavy atom. The minimum atomic E-state index is -0.529. The van der Waals surface area contributed by atoms with Gasteiger partial charge in [-0.1, -0.05) is 0 Å². The van der Waals surface area contributed by atoms with Crippen LogP contribution in [0.4, 0.5) is 10.5 Å². The fourth-order valence-corrected chi connectivity index (χ4v) is 1.07. The molecule has 0 bridgehead atoms. The van der Waals surface area contributed by atoms with Gasteiger partial charge in [-0.25, -0.2) is 4.79 Å². The van der Waals surface area contributed by atoms with Crippen molar-refractivity contribution < 1.29 is 14.3 Å². The number of pyridine rings is 1. The number of aromatic nitrogens is 1. The lowest BCUT2D eigenvalue weighted by Crippen LogP contribution is -2.27. The number of nitrogens with one attached hydrogen (secondary N) is 1. The van der Waals surface area contributed by atoms with Gasteiger partial charge >= 0.3 is 6.09 Å². The van der Waals surface area contributed by atoms with Gasteiger partial charge in [0, 0.05) is 12.3 Å². The molecule has 0 aliphatic heterocycles. The van der Waals surface area contributed by atoms with Crippen LogP contribution < -0.4 is 10.1 Å². The second-order valence-electron chi connectivity index (χ2n) is 4.20. The van der Waals surface area contributed by atoms with Gasteiger partial charge in [0.2, 0.25) is 0 Å². The summed E-state index contributed by atoms with van der Waals surface area (Å²) in [7, 11) is 1.52. The van der Waals surface area contributed by atoms with Gasteiger partial charge in [0.25, 0.3) is 0 Å². The Labute approximate surface area is 94.8 Å². The van der Waals surface area contributed by atoms with Crippen LogP contribution in [0.2, 0.25) is 0 Å². The Morgan fingerprint density at radius 3 is 2.69 bits per heavy atom. The van der Waals surface area contributed by atoms with Gasteiger partial charge in [-0.05, 0) is 20.8 Å². The zero-order valence-electron chi connectivity index (χ0n) is 9.90. The third-order valence-corrected chi connectivity index (χ3v) is 1.64. The predicted molar refractivity (Wildman–Crippen MR) is 60.6 cm³/mol. The van der Waals surface area contributed by atoms with Gasteiger partial charge in [-0.15, -0.1) is 0 Å². The molecule has 1 aromatic rings. The lowest BCUT2D eigenvalue weighted by Gasteiger charge is -2.20. The molecule has 0 aromatic carbocycles. The van der Waals surface area contributed by atoms with E-state index in [0.717, 1.165) is 0 Å². The second-order valence-corrected chi connectivity index (χ2v) is 4.20. The summed E-state index contributed by atoms with van der Waals surface area (Å²) in [4.78, 5) is 15.4. The molecule has 5 nitrogen and oxygen atoms in total. The summed E-state index contributed by atoms with van der Waals surface area (Å²) in [6.07, 6.45) is 2.56. The Hall–Kier alpha value is -1.78. The normalized spacial score (nSPS) is 10.8. The Morgan fingerprint density at radius 1 is 1.44 bits per heavy atom. The first kappa shape index (κ1) is 12.3. The average molecular weight is 224 g/mol. The molecule has 0 saturated heterocycles. The summed E-state index contributed by atoms with van der Waals surface area (Å²) in [6.45, 7) is 5.40. The van der Waals surface area contributed by atoms with Gasteiger partial charge in [-0.3, -0.25) is 10.3 Å². The molecule has 1 rings (SSSR count). The van der Waals surface area contributed by atoms with Gasteiger partial charge in [0.05, 0.1) is 13.3 Å². The van der Waals surface area contributed by atoms with E-state index < -0.39 is 11.7 Å². The zero-order chi connectivity index (χ0) is 12.2. The highest BCUT2D eigenvalue weighted by molar-refractivity contribution is 5.86. The van der Waals surface area contributed by atoms with Crippen molar-refractivity contribution in [1.29, 1.82) is 0 Å². The van der Waals surface area contributed by atoms with Gasteiger partial charge in [0.1, 0.15) is 17.0 Å². The molecule has 0 aliphatic carbocycles. The molecule has 0 unspecified atom stereocenters. The number of hydrogen-bond donors (Lipinski definition) is 1. The minimum Gasteiger partial charge on any atom is -0.494 e. The topological polar surface area (TPSA) is 60.5 Å². The highest BCUT2D eigenvalue weighted by atomic mass is 16.6. The zero-order valence-corrected chi connectivity index (χ0v) is 9.90. The molecule has 0 spiro atoms. The first-order chi connectivity index (χ1) is 7.42. The van der Waals surface area contributed by atoms with Crippen LogP contribution in [0, 0.1) is 0 Å². The third-order valence-electron chi connectivity index (χ3n) is 1.64. The maximum absolute atomic E-state index is 11.5. The molecule has 5 heteroatoms. The van der Waals surface area contributed by atoms with Crippen LogP contribution in [0.15, 0.2) is 18.5 Å². The summed E-state index contributed by atoms with van der Waals surface area (Å²) < 4.78 is 10.2. The molecule has 0 atom stereocenters. The lowest BCUT2D eigenvalue weighted by atomic mass is 10.2. The van der Waals surface area contributed by atoms with Crippen LogP contribution in [-0.4, -0.2) is 23.8 Å². The summed E-state index contributed by atoms with van der Waals surface area (Å²) in [5, 5.41) is 2.57. The van der Waals surface area contributed by atoms with E-state index in [9.17, 15) is 4.79 Å². The number of hydrogen-bond acceptors (Lipinski definition) is 4. The first-order valence-electron chi connectivity index (χ1n) is 4.90. The van der Waals surface area contributed by atoms with Crippen LogP contribution in [0.1, 0.15) is 20.8 Å². The van der Waals surface area contributed by atoms with Crippen LogP contribution in [0.3, 0.4) is 0 Å². The van der Waals surface area contributed by atoms with Crippen molar-refractivity contribution in [3.8, 4) is 5.75 Å². The van der Waals surface area contributed by atoms with Crippen molar-refractivity contribution >= 4 is 11.8 Å². The van der Waals surface area contributed by atoms with E-state index in [-0.39, 0.29) is 0 Å². The fraction of sp³-hybridized carbons (Fsp3) is 0.455. The quantitative estimate of drug-likeness (QED) is 0.838. The molecule has 0 saturated carbocycles. The highest BCUT2D eigenvalue weighted by Crippen LogP contribution is 2.22. The van der Waals surface area contributed by atoms with Crippen LogP contribution in [0.25, 0.3) is 0 Å². The van der Waals surface area contributed by atoms with Crippen molar-refractivity contribution in [2.45, 2.75) is 26.4 Å². The lowest BCUT2D eigenvalue weighted by molar-refractivity contribution is 0.0635. The molecule has 1 heterocycles. The van der Waals surface area contributed by atoms with E-state index in [0.29, 0.717) is 11.4 Å². The molecular weight excluding hydrogens is 208 g/mol. The van der Waals surface area contributed by atoms with Gasteiger partial charge in [-0.2, -0.15) is 0 Å². The fourth-order valence-electron chi connectivity index (χ4n) is 1.07. The average Bonchev–Trinajstić information content (AvgIpc) is 2.15. The van der Waals surface area contributed by atoms with Crippen LogP contribution in [0.5, 0.6) is 5.75 Å². The highest BCUT2D eigenvalue weighted by Gasteiger charge is 2.17. The molecule has 88 valence electrons. The van der Waals surface area contributed by atoms with E-state index in [2.05, 4.69) is 10.3 Å². The summed E-state index contributed by atoms with van der Waals surface area (Å²) in [5.41, 5.74) is -0.0428. The Kier molecular flexibility index (Phi) is 3.71. The van der Waals surface area contributed by atoms with Gasteiger partial charge in [0.15, 0.2) is 0 Å². The molecule has 1 amide bonds. The minimum absolute atomic E-state index is 0.485. The number of carbonyl (C=O) groups excluding carboxylic acids is 1. The third kappa shape index (κ3) is 3.76. The van der Waals surface area contributed by atoms with Crippen molar-refractivity contribution in [3.05, 3.63) is 18.5 Å². The Balaban J connectivity index is 2.70. The molecule has 16 heavy (non-hydrogen) atoms. The summed E-state index contributed by atoms with van der Waals surface area (Å²) in [6, 6.07) is 1.66. The SMILES string of the molecule is COc1ccncc1NC(=O)OC(C)(C)C. The van der Waals surface area contributed by atoms with Crippen LogP contribution in [-0.2, 0) is 4.74 Å². The van der Waals surface area contributed by atoms with E-state index in [1.807, 2.05) is 0 Å². The van der Waals surface area contributed by atoms with E-state index in [1.165, 1.54) is 13.3 Å². The molecule has 0 aliphatic rings. The predicted octanol–water partition coefficient (Wildman–Crippen LogP) is 2.44. The standard InChI is InChI=1S/C11H16N2O3/c1-11(2,3)16-10(14)13-8-7-12-6-5-9(8)15-4/h5-7H,1-4H3,(H,13,14). The molecule has 0 fully saturated rings. The summed E-state index contributed by atoms with van der Waals surface area (Å²) >= 11 is 0. The molecular formula is C11H16N2O3. The largest absolute Gasteiger partial charge is 0.494 e. The van der Waals surface area contributed by atoms with Crippen molar-refractivity contribution in [2.75, 3.05) is 12.4 Å². The second kappa shape index (κ2) is 4.83. The summed E-state index contributed by atoms with van der Waals surface area (Å²) in [5.74, 6) is 0.542. The number of carbonyl (C=O) groups is 1. The number of anilines is 1. The Bertz CT molecular complexity index is 372. The number of amides is 1. The monoisotopic (exact) mass is 224 g/mol. The van der Waals surface area contributed by atoms with Crippen LogP contribution >= 0.6 is 0 Å². The van der Waals surface area contributed by atoms with Crippen molar-refractivity contribution in [3.63, 3.8) is 0 Å². The van der Waals surface area contributed by atoms with Crippen molar-refractivity contribution in [1.82, 2.24) is 4.98 Å². The van der Waals surface area contributed by atoms with Crippen molar-refractivity contribution in [2.24, 2.45) is 0 Å². The number of methoxy groups -OCH3 is 1. The number of rotatable bonds is 2.